The van der Waals surface area contributed by atoms with Crippen LogP contribution in [0.15, 0.2) is 30.3 Å². The molecule has 2 nitrogen and oxygen atoms in total. The van der Waals surface area contributed by atoms with Crippen LogP contribution in [0.5, 0.6) is 0 Å². The van der Waals surface area contributed by atoms with Gasteiger partial charge in [-0.25, -0.2) is 0 Å². The highest BCUT2D eigenvalue weighted by Gasteiger charge is 2.51. The number of carbonyl (C=O) groups is 1. The van der Waals surface area contributed by atoms with Gasteiger partial charge in [-0.15, -0.1) is 0 Å². The highest BCUT2D eigenvalue weighted by atomic mass is 16.1. The van der Waals surface area contributed by atoms with Crippen molar-refractivity contribution in [2.45, 2.75) is 75.5 Å². The monoisotopic (exact) mass is 409 g/mol. The zero-order valence-corrected chi connectivity index (χ0v) is 18.3. The van der Waals surface area contributed by atoms with E-state index >= 15 is 0 Å². The molecule has 10 rings (SSSR count). The second-order valence-electron chi connectivity index (χ2n) is 12.0. The van der Waals surface area contributed by atoms with E-state index in [0.29, 0.717) is 17.1 Å². The molecule has 158 valence electrons. The van der Waals surface area contributed by atoms with Gasteiger partial charge in [0.1, 0.15) is 0 Å². The topological polar surface area (TPSA) is 32.9 Å². The fraction of sp³-hybridized carbons (Fsp3) is 0.552. The number of rotatable bonds is 1. The molecule has 5 fully saturated rings. The number of ketones is 1. The third-order valence-electron chi connectivity index (χ3n) is 10.2. The summed E-state index contributed by atoms with van der Waals surface area (Å²) in [5.74, 6) is 4.18. The first-order valence-electron chi connectivity index (χ1n) is 12.8. The summed E-state index contributed by atoms with van der Waals surface area (Å²) in [5.41, 5.74) is 6.80. The number of hydrogen-bond donors (Lipinski definition) is 1. The van der Waals surface area contributed by atoms with Gasteiger partial charge in [-0.2, -0.15) is 0 Å². The van der Waals surface area contributed by atoms with E-state index in [2.05, 4.69) is 35.3 Å². The Labute approximate surface area is 183 Å². The lowest BCUT2D eigenvalue weighted by atomic mass is 9.48. The number of carbonyl (C=O) groups excluding carboxylic acids is 1. The average Bonchev–Trinajstić information content (AvgIpc) is 3.02. The molecule has 7 aliphatic carbocycles. The number of aromatic nitrogens is 1. The largest absolute Gasteiger partial charge is 0.354 e. The zero-order valence-electron chi connectivity index (χ0n) is 18.3. The molecule has 3 aromatic rings. The SMILES string of the molecule is O=C1c2cc3[nH]c4ccc(C56CC7CC(CC(C7)C5)C6)cc4c3cc2C2CCC1CC2. The van der Waals surface area contributed by atoms with E-state index in [1.165, 1.54) is 73.2 Å². The van der Waals surface area contributed by atoms with E-state index in [1.54, 1.807) is 5.56 Å². The van der Waals surface area contributed by atoms with Crippen molar-refractivity contribution in [3.63, 3.8) is 0 Å². The van der Waals surface area contributed by atoms with Crippen molar-refractivity contribution in [2.24, 2.45) is 23.7 Å². The number of hydrogen-bond acceptors (Lipinski definition) is 1. The summed E-state index contributed by atoms with van der Waals surface area (Å²) in [7, 11) is 0. The van der Waals surface area contributed by atoms with Crippen LogP contribution in [-0.4, -0.2) is 10.8 Å². The van der Waals surface area contributed by atoms with Crippen molar-refractivity contribution >= 4 is 27.6 Å². The Morgan fingerprint density at radius 3 is 2.10 bits per heavy atom. The first-order valence-corrected chi connectivity index (χ1v) is 12.8. The lowest BCUT2D eigenvalue weighted by molar-refractivity contribution is -0.00512. The maximum atomic E-state index is 13.2. The summed E-state index contributed by atoms with van der Waals surface area (Å²) < 4.78 is 0. The summed E-state index contributed by atoms with van der Waals surface area (Å²) in [6.07, 6.45) is 13.3. The van der Waals surface area contributed by atoms with Crippen LogP contribution in [0.1, 0.15) is 91.6 Å². The predicted octanol–water partition coefficient (Wildman–Crippen LogP) is 7.26. The van der Waals surface area contributed by atoms with E-state index in [-0.39, 0.29) is 5.92 Å². The first-order chi connectivity index (χ1) is 15.1. The number of H-pyrrole nitrogens is 1. The van der Waals surface area contributed by atoms with Gasteiger partial charge in [-0.05, 0) is 129 Å². The van der Waals surface area contributed by atoms with Crippen LogP contribution in [0.2, 0.25) is 0 Å². The Hall–Kier alpha value is -2.09. The fourth-order valence-electron chi connectivity index (χ4n) is 9.20. The number of benzene rings is 2. The first kappa shape index (κ1) is 17.5. The predicted molar refractivity (Wildman–Crippen MR) is 125 cm³/mol. The zero-order chi connectivity index (χ0) is 20.3. The van der Waals surface area contributed by atoms with Crippen molar-refractivity contribution in [3.8, 4) is 0 Å². The Morgan fingerprint density at radius 2 is 1.39 bits per heavy atom. The van der Waals surface area contributed by atoms with Gasteiger partial charge in [-0.3, -0.25) is 4.79 Å². The molecule has 5 saturated carbocycles. The van der Waals surface area contributed by atoms with Crippen molar-refractivity contribution in [2.75, 3.05) is 0 Å². The second kappa shape index (κ2) is 5.82. The molecule has 0 aliphatic heterocycles. The number of nitrogens with one attached hydrogen (secondary N) is 1. The normalized spacial score (nSPS) is 38.2. The lowest BCUT2D eigenvalue weighted by Crippen LogP contribution is -2.48. The summed E-state index contributed by atoms with van der Waals surface area (Å²) >= 11 is 0. The summed E-state index contributed by atoms with van der Waals surface area (Å²) in [4.78, 5) is 16.8. The molecular weight excluding hydrogens is 378 g/mol. The molecule has 1 heterocycles. The van der Waals surface area contributed by atoms with E-state index in [0.717, 1.165) is 41.7 Å². The molecule has 7 aliphatic rings. The molecule has 0 saturated heterocycles. The smallest absolute Gasteiger partial charge is 0.166 e. The maximum absolute atomic E-state index is 13.2. The van der Waals surface area contributed by atoms with Crippen LogP contribution < -0.4 is 0 Å². The van der Waals surface area contributed by atoms with Crippen LogP contribution in [0.4, 0.5) is 0 Å². The molecule has 0 unspecified atom stereocenters. The molecule has 2 heteroatoms. The van der Waals surface area contributed by atoms with Gasteiger partial charge >= 0.3 is 0 Å². The number of fused-ring (bicyclic) bond motifs is 5. The Morgan fingerprint density at radius 1 is 0.742 bits per heavy atom. The summed E-state index contributed by atoms with van der Waals surface area (Å²) in [5, 5.41) is 2.73. The van der Waals surface area contributed by atoms with Gasteiger partial charge < -0.3 is 4.98 Å². The molecular formula is C29H31NO. The standard InChI is InChI=1S/C29H31NO/c31-28-20-3-1-19(2-4-20)22-11-24-23-10-21(5-6-26(23)30-27(24)12-25(22)28)29-13-16-7-17(14-29)9-18(8-16)15-29/h5-6,10-12,16-20,30H,1-4,7-9,13-15H2. The van der Waals surface area contributed by atoms with Gasteiger partial charge in [0.15, 0.2) is 5.78 Å². The van der Waals surface area contributed by atoms with Crippen LogP contribution in [0.25, 0.3) is 21.8 Å². The van der Waals surface area contributed by atoms with Gasteiger partial charge in [0, 0.05) is 33.3 Å². The fourth-order valence-corrected chi connectivity index (χ4v) is 9.20. The van der Waals surface area contributed by atoms with Crippen molar-refractivity contribution < 1.29 is 4.79 Å². The van der Waals surface area contributed by atoms with Gasteiger partial charge in [0.05, 0.1) is 0 Å². The van der Waals surface area contributed by atoms with E-state index in [1.807, 2.05) is 0 Å². The van der Waals surface area contributed by atoms with Crippen LogP contribution in [-0.2, 0) is 5.41 Å². The highest BCUT2D eigenvalue weighted by molar-refractivity contribution is 6.11. The Bertz CT molecular complexity index is 1220. The average molecular weight is 410 g/mol. The van der Waals surface area contributed by atoms with E-state index < -0.39 is 0 Å². The minimum Gasteiger partial charge on any atom is -0.354 e. The quantitative estimate of drug-likeness (QED) is 0.451. The number of Topliss-reactive ketones (excluding diaryl/α,β-unsaturated/α-hetero) is 1. The van der Waals surface area contributed by atoms with E-state index in [9.17, 15) is 4.79 Å². The minimum absolute atomic E-state index is 0.266. The van der Waals surface area contributed by atoms with Crippen LogP contribution in [0, 0.1) is 23.7 Å². The molecule has 0 amide bonds. The minimum atomic E-state index is 0.266. The van der Waals surface area contributed by atoms with Gasteiger partial charge in [0.25, 0.3) is 0 Å². The van der Waals surface area contributed by atoms with Gasteiger partial charge in [-0.1, -0.05) is 6.07 Å². The Balaban J connectivity index is 1.31. The molecule has 0 atom stereocenters. The van der Waals surface area contributed by atoms with Crippen molar-refractivity contribution in [1.29, 1.82) is 0 Å². The van der Waals surface area contributed by atoms with E-state index in [4.69, 9.17) is 0 Å². The highest BCUT2D eigenvalue weighted by Crippen LogP contribution is 2.61. The van der Waals surface area contributed by atoms with Crippen LogP contribution >= 0.6 is 0 Å². The van der Waals surface area contributed by atoms with Crippen molar-refractivity contribution in [3.05, 3.63) is 47.0 Å². The molecule has 6 bridgehead atoms. The molecule has 31 heavy (non-hydrogen) atoms. The Kier molecular flexibility index (Phi) is 3.28. The second-order valence-corrected chi connectivity index (χ2v) is 12.0. The third-order valence-corrected chi connectivity index (χ3v) is 10.2. The summed E-state index contributed by atoms with van der Waals surface area (Å²) in [6, 6.07) is 11.9. The molecule has 0 spiro atoms. The van der Waals surface area contributed by atoms with Crippen molar-refractivity contribution in [1.82, 2.24) is 4.98 Å². The molecule has 2 aromatic carbocycles. The third kappa shape index (κ3) is 2.32. The van der Waals surface area contributed by atoms with Gasteiger partial charge in [0.2, 0.25) is 0 Å². The molecule has 0 radical (unpaired) electrons. The number of aromatic amines is 1. The molecule has 1 aromatic heterocycles. The maximum Gasteiger partial charge on any atom is 0.166 e. The molecule has 1 N–H and O–H groups in total. The lowest BCUT2D eigenvalue weighted by Gasteiger charge is -2.57. The van der Waals surface area contributed by atoms with Crippen LogP contribution in [0.3, 0.4) is 0 Å². The summed E-state index contributed by atoms with van der Waals surface area (Å²) in [6.45, 7) is 0.